The number of nitrogens with one attached hydrogen (secondary N) is 7. The standard InChI is InChI=1S/C56H96N12O9/c1-6-7-8-9-13-28-68-29-21-39(22-30-68)50(71)62-42(16-23-57)48(69)34-40-20-27-61-53(74)46(31-36(2)3)67-55(76)45(19-26-60)64-54(75)44(18-25-59)65-56(77)47(32-37(4)5)66-52(73)41(33-38-14-11-10-12-15-38)35-49(70)43(17-24-58)63-51(40)72/h10-12,14-15,36-37,39-47H,6-9,13,16-35,57-60H2,1-5H3,(H,61,74)(H,62,71)(H,63,72)(H,64,75)(H,65,77)(H,66,73)(H,67,76)/t40-,41+,42-,43+,44+,45+,46+,47+/m1/s1. The summed E-state index contributed by atoms with van der Waals surface area (Å²) in [6.45, 7) is 12.0. The second-order valence-corrected chi connectivity index (χ2v) is 22.0. The summed E-state index contributed by atoms with van der Waals surface area (Å²) in [4.78, 5) is 130. The van der Waals surface area contributed by atoms with Crippen LogP contribution in [0.1, 0.15) is 143 Å². The molecule has 2 aliphatic rings. The van der Waals surface area contributed by atoms with Gasteiger partial charge in [0.25, 0.3) is 0 Å². The smallest absolute Gasteiger partial charge is 0.243 e. The Balaban J connectivity index is 2.04. The average Bonchev–Trinajstić information content (AvgIpc) is 3.39. The number of Topliss-reactive ketones (excluding diaryl/α,β-unsaturated/α-hetero) is 2. The fourth-order valence-electron chi connectivity index (χ4n) is 10.0. The summed E-state index contributed by atoms with van der Waals surface area (Å²) in [5, 5.41) is 19.6. The summed E-state index contributed by atoms with van der Waals surface area (Å²) >= 11 is 0. The lowest BCUT2D eigenvalue weighted by Crippen LogP contribution is -2.59. The van der Waals surface area contributed by atoms with Crippen molar-refractivity contribution in [1.82, 2.24) is 42.1 Å². The van der Waals surface area contributed by atoms with E-state index < -0.39 is 95.1 Å². The van der Waals surface area contributed by atoms with Crippen LogP contribution in [0.3, 0.4) is 0 Å². The number of carbonyl (C=O) groups excluding carboxylic acids is 9. The molecule has 434 valence electrons. The largest absolute Gasteiger partial charge is 0.354 e. The van der Waals surface area contributed by atoms with Crippen molar-refractivity contribution in [3.63, 3.8) is 0 Å². The zero-order valence-corrected chi connectivity index (χ0v) is 46.8. The maximum absolute atomic E-state index is 14.6. The van der Waals surface area contributed by atoms with Crippen LogP contribution in [-0.2, 0) is 49.6 Å². The van der Waals surface area contributed by atoms with Gasteiger partial charge in [-0.25, -0.2) is 0 Å². The Labute approximate surface area is 457 Å². The Morgan fingerprint density at radius 2 is 1.12 bits per heavy atom. The Hall–Kier alpha value is -5.35. The third-order valence-electron chi connectivity index (χ3n) is 14.5. The normalized spacial score (nSPS) is 24.0. The van der Waals surface area contributed by atoms with Crippen molar-refractivity contribution in [2.75, 3.05) is 52.4 Å². The summed E-state index contributed by atoms with van der Waals surface area (Å²) in [5.41, 5.74) is 24.6. The molecule has 21 nitrogen and oxygen atoms in total. The van der Waals surface area contributed by atoms with Gasteiger partial charge in [0.1, 0.15) is 24.2 Å². The van der Waals surface area contributed by atoms with E-state index in [1.807, 2.05) is 33.8 Å². The highest BCUT2D eigenvalue weighted by atomic mass is 16.2. The van der Waals surface area contributed by atoms with Gasteiger partial charge in [-0.15, -0.1) is 0 Å². The topological polar surface area (TPSA) is 345 Å². The number of rotatable bonds is 25. The van der Waals surface area contributed by atoms with Gasteiger partial charge in [0.05, 0.1) is 12.1 Å². The van der Waals surface area contributed by atoms with Crippen LogP contribution in [0.4, 0.5) is 0 Å². The highest BCUT2D eigenvalue weighted by Gasteiger charge is 2.36. The van der Waals surface area contributed by atoms with E-state index in [4.69, 9.17) is 22.9 Å². The van der Waals surface area contributed by atoms with Crippen molar-refractivity contribution < 1.29 is 43.2 Å². The van der Waals surface area contributed by atoms with E-state index in [2.05, 4.69) is 49.0 Å². The van der Waals surface area contributed by atoms with E-state index in [1.165, 1.54) is 25.7 Å². The van der Waals surface area contributed by atoms with Crippen LogP contribution < -0.4 is 60.2 Å². The molecule has 2 saturated heterocycles. The molecule has 2 heterocycles. The molecule has 2 aliphatic heterocycles. The van der Waals surface area contributed by atoms with Crippen LogP contribution in [0.5, 0.6) is 0 Å². The van der Waals surface area contributed by atoms with E-state index in [1.54, 1.807) is 24.3 Å². The summed E-state index contributed by atoms with van der Waals surface area (Å²) in [7, 11) is 0. The minimum Gasteiger partial charge on any atom is -0.354 e. The van der Waals surface area contributed by atoms with Crippen LogP contribution in [0.25, 0.3) is 0 Å². The first-order valence-corrected chi connectivity index (χ1v) is 28.6. The quantitative estimate of drug-likeness (QED) is 0.0609. The number of carbonyl (C=O) groups is 9. The molecule has 8 atom stereocenters. The van der Waals surface area contributed by atoms with E-state index in [9.17, 15) is 43.2 Å². The summed E-state index contributed by atoms with van der Waals surface area (Å²) in [6.07, 6.45) is 6.79. The number of hydrogen-bond donors (Lipinski definition) is 11. The molecule has 0 aliphatic carbocycles. The first-order chi connectivity index (χ1) is 36.8. The molecule has 21 heteroatoms. The van der Waals surface area contributed by atoms with Crippen LogP contribution in [0, 0.1) is 29.6 Å². The van der Waals surface area contributed by atoms with Gasteiger partial charge in [-0.2, -0.15) is 0 Å². The second-order valence-electron chi connectivity index (χ2n) is 22.0. The number of nitrogens with zero attached hydrogens (tertiary/aromatic N) is 1. The molecule has 0 radical (unpaired) electrons. The van der Waals surface area contributed by atoms with Crippen LogP contribution >= 0.6 is 0 Å². The molecular weight excluding hydrogens is 985 g/mol. The van der Waals surface area contributed by atoms with Gasteiger partial charge in [0, 0.05) is 37.1 Å². The number of nitrogens with two attached hydrogens (primary N) is 4. The third-order valence-corrected chi connectivity index (χ3v) is 14.5. The first-order valence-electron chi connectivity index (χ1n) is 28.6. The molecule has 2 fully saturated rings. The predicted octanol–water partition coefficient (Wildman–Crippen LogP) is 0.978. The van der Waals surface area contributed by atoms with E-state index in [0.29, 0.717) is 12.8 Å². The average molecular weight is 1080 g/mol. The SMILES string of the molecule is CCCCCCCN1CCC(C(=O)N[C@H](CCN)C(=O)C[C@H]2CCNC(=O)[C@H](CC(C)C)NC(=O)[C@H](CCN)NC(=O)[C@H](CCN)NC(=O)[C@H](CC(C)C)NC(=O)[C@@H](Cc3ccccc3)CC(=O)[C@H](CCN)NC2=O)CC1. The predicted molar refractivity (Wildman–Crippen MR) is 297 cm³/mol. The highest BCUT2D eigenvalue weighted by molar-refractivity contribution is 5.98. The Morgan fingerprint density at radius 3 is 1.68 bits per heavy atom. The second kappa shape index (κ2) is 35.9. The summed E-state index contributed by atoms with van der Waals surface area (Å²) in [5.74, 6) is -7.95. The van der Waals surface area contributed by atoms with Crippen LogP contribution in [-0.4, -0.2) is 146 Å². The number of likely N-dealkylation sites (tertiary alicyclic amines) is 1. The zero-order chi connectivity index (χ0) is 56.9. The molecule has 1 aromatic carbocycles. The maximum atomic E-state index is 14.6. The summed E-state index contributed by atoms with van der Waals surface area (Å²) in [6, 6.07) is 2.07. The van der Waals surface area contributed by atoms with Crippen molar-refractivity contribution in [3.05, 3.63) is 35.9 Å². The molecule has 77 heavy (non-hydrogen) atoms. The van der Waals surface area contributed by atoms with Gasteiger partial charge in [-0.1, -0.05) is 90.6 Å². The first kappa shape index (κ1) is 65.9. The minimum atomic E-state index is -1.23. The van der Waals surface area contributed by atoms with Gasteiger partial charge in [0.2, 0.25) is 41.4 Å². The van der Waals surface area contributed by atoms with Crippen molar-refractivity contribution in [3.8, 4) is 0 Å². The van der Waals surface area contributed by atoms with E-state index in [-0.39, 0.29) is 121 Å². The fraction of sp³-hybridized carbons (Fsp3) is 0.732. The lowest BCUT2D eigenvalue weighted by Gasteiger charge is -2.32. The van der Waals surface area contributed by atoms with Gasteiger partial charge < -0.3 is 65.1 Å². The third kappa shape index (κ3) is 24.1. The van der Waals surface area contributed by atoms with Crippen molar-refractivity contribution in [2.45, 2.75) is 180 Å². The molecule has 0 aromatic heterocycles. The molecule has 0 spiro atoms. The van der Waals surface area contributed by atoms with Gasteiger partial charge in [-0.05, 0) is 134 Å². The number of ketones is 2. The fourth-order valence-corrected chi connectivity index (χ4v) is 10.0. The lowest BCUT2D eigenvalue weighted by molar-refractivity contribution is -0.136. The molecule has 1 aromatic rings. The molecule has 3 rings (SSSR count). The van der Waals surface area contributed by atoms with E-state index >= 15 is 0 Å². The van der Waals surface area contributed by atoms with Gasteiger partial charge >= 0.3 is 0 Å². The Morgan fingerprint density at radius 1 is 0.610 bits per heavy atom. The molecule has 7 amide bonds. The van der Waals surface area contributed by atoms with Crippen LogP contribution in [0.2, 0.25) is 0 Å². The van der Waals surface area contributed by atoms with Crippen LogP contribution in [0.15, 0.2) is 30.3 Å². The monoisotopic (exact) mass is 1080 g/mol. The number of hydrogen-bond acceptors (Lipinski definition) is 14. The summed E-state index contributed by atoms with van der Waals surface area (Å²) < 4.78 is 0. The molecule has 0 unspecified atom stereocenters. The lowest BCUT2D eigenvalue weighted by atomic mass is 9.89. The van der Waals surface area contributed by atoms with E-state index in [0.717, 1.165) is 31.6 Å². The van der Waals surface area contributed by atoms with Gasteiger partial charge in [-0.3, -0.25) is 43.2 Å². The Kier molecular flexibility index (Phi) is 30.8. The zero-order valence-electron chi connectivity index (χ0n) is 46.8. The van der Waals surface area contributed by atoms with Gasteiger partial charge in [0.15, 0.2) is 11.6 Å². The molecular formula is C56H96N12O9. The minimum absolute atomic E-state index is 0.0180. The number of benzene rings is 1. The number of piperidine rings is 1. The van der Waals surface area contributed by atoms with Crippen molar-refractivity contribution >= 4 is 52.9 Å². The molecule has 0 saturated carbocycles. The van der Waals surface area contributed by atoms with Crippen molar-refractivity contribution in [2.24, 2.45) is 52.5 Å². The highest BCUT2D eigenvalue weighted by Crippen LogP contribution is 2.22. The van der Waals surface area contributed by atoms with Crippen molar-refractivity contribution in [1.29, 1.82) is 0 Å². The Bertz CT molecular complexity index is 2020. The maximum Gasteiger partial charge on any atom is 0.243 e. The number of unbranched alkanes of at least 4 members (excludes halogenated alkanes) is 4. The molecule has 15 N–H and O–H groups in total. The number of amides is 7. The molecule has 0 bridgehead atoms.